The number of carbonyl (C=O) groups is 2. The van der Waals surface area contributed by atoms with Crippen LogP contribution in [0.1, 0.15) is 34.1 Å². The Labute approximate surface area is 153 Å². The van der Waals surface area contributed by atoms with Gasteiger partial charge in [0.25, 0.3) is 0 Å². The van der Waals surface area contributed by atoms with Gasteiger partial charge < -0.3 is 15.0 Å². The van der Waals surface area contributed by atoms with Gasteiger partial charge in [-0.25, -0.2) is 9.18 Å². The van der Waals surface area contributed by atoms with Crippen LogP contribution in [0.4, 0.5) is 20.6 Å². The summed E-state index contributed by atoms with van der Waals surface area (Å²) < 4.78 is 19.7. The number of hydrogen-bond donors (Lipinski definition) is 1. The second kappa shape index (κ2) is 8.35. The molecule has 1 aromatic rings. The van der Waals surface area contributed by atoms with Gasteiger partial charge >= 0.3 is 6.09 Å². The first-order valence-electron chi connectivity index (χ1n) is 8.65. The lowest BCUT2D eigenvalue weighted by molar-refractivity contribution is -0.113. The van der Waals surface area contributed by atoms with Crippen LogP contribution >= 0.6 is 0 Å². The molecule has 1 fully saturated rings. The van der Waals surface area contributed by atoms with Crippen molar-refractivity contribution >= 4 is 23.9 Å². The summed E-state index contributed by atoms with van der Waals surface area (Å²) in [6.07, 6.45) is 0.715. The maximum absolute atomic E-state index is 14.5. The summed E-state index contributed by atoms with van der Waals surface area (Å²) in [7, 11) is 0. The number of nitrogens with zero attached hydrogens (tertiary/aromatic N) is 2. The molecule has 7 nitrogen and oxygen atoms in total. The van der Waals surface area contributed by atoms with E-state index < -0.39 is 17.5 Å². The van der Waals surface area contributed by atoms with Gasteiger partial charge in [0.05, 0.1) is 24.0 Å². The lowest BCUT2D eigenvalue weighted by atomic mass is 10.2. The topological polar surface area (TPSA) is 71.1 Å². The number of ether oxygens (including phenoxy) is 1. The third-order valence-electron chi connectivity index (χ3n) is 3.80. The molecule has 0 radical (unpaired) electrons. The van der Waals surface area contributed by atoms with Gasteiger partial charge in [-0.3, -0.25) is 9.63 Å². The predicted octanol–water partition coefficient (Wildman–Crippen LogP) is 2.84. The number of halogens is 1. The summed E-state index contributed by atoms with van der Waals surface area (Å²) >= 11 is 0. The van der Waals surface area contributed by atoms with Crippen LogP contribution in [0, 0.1) is 5.82 Å². The van der Waals surface area contributed by atoms with Gasteiger partial charge in [0.2, 0.25) is 6.41 Å². The van der Waals surface area contributed by atoms with E-state index in [1.165, 1.54) is 6.07 Å². The van der Waals surface area contributed by atoms with Crippen molar-refractivity contribution in [1.82, 2.24) is 5.32 Å². The zero-order valence-electron chi connectivity index (χ0n) is 15.6. The predicted molar refractivity (Wildman–Crippen MR) is 96.6 cm³/mol. The van der Waals surface area contributed by atoms with Crippen molar-refractivity contribution < 1.29 is 23.6 Å². The van der Waals surface area contributed by atoms with Crippen LogP contribution in [0.15, 0.2) is 18.2 Å². The largest absolute Gasteiger partial charge is 0.444 e. The van der Waals surface area contributed by atoms with E-state index in [0.717, 1.165) is 5.06 Å². The molecule has 0 bridgehead atoms. The van der Waals surface area contributed by atoms with Gasteiger partial charge in [0.15, 0.2) is 0 Å². The highest BCUT2D eigenvalue weighted by Crippen LogP contribution is 2.27. The Morgan fingerprint density at radius 3 is 2.77 bits per heavy atom. The fraction of sp³-hybridized carbons (Fsp3) is 0.556. The molecule has 1 heterocycles. The third kappa shape index (κ3) is 5.32. The highest BCUT2D eigenvalue weighted by Gasteiger charge is 2.27. The number of benzene rings is 1. The SMILES string of the molecule is CCON(C=O)c1ccc(N2CC[C@@H](NC(=O)OC(C)(C)C)C2)c(F)c1. The number of anilines is 2. The van der Waals surface area contributed by atoms with Gasteiger partial charge in [-0.05, 0) is 46.2 Å². The molecule has 0 spiro atoms. The lowest BCUT2D eigenvalue weighted by Crippen LogP contribution is -2.40. The molecule has 1 N–H and O–H groups in total. The first kappa shape index (κ1) is 20.0. The molecule has 144 valence electrons. The average Bonchev–Trinajstić information content (AvgIpc) is 2.98. The van der Waals surface area contributed by atoms with Crippen molar-refractivity contribution in [2.75, 3.05) is 29.7 Å². The zero-order chi connectivity index (χ0) is 19.3. The van der Waals surface area contributed by atoms with Crippen LogP contribution in [-0.2, 0) is 14.4 Å². The zero-order valence-corrected chi connectivity index (χ0v) is 15.6. The number of carbonyl (C=O) groups excluding carboxylic acids is 2. The van der Waals surface area contributed by atoms with E-state index >= 15 is 0 Å². The molecule has 0 aliphatic carbocycles. The number of nitrogens with one attached hydrogen (secondary N) is 1. The second-order valence-corrected chi connectivity index (χ2v) is 7.06. The summed E-state index contributed by atoms with van der Waals surface area (Å²) in [6, 6.07) is 4.38. The van der Waals surface area contributed by atoms with Gasteiger partial charge in [0.1, 0.15) is 11.4 Å². The average molecular weight is 367 g/mol. The molecule has 1 aliphatic heterocycles. The standard InChI is InChI=1S/C18H26FN3O4/c1-5-25-22(12-23)14-6-7-16(15(19)10-14)21-9-8-13(11-21)20-17(24)26-18(2,3)4/h6-7,10,12-13H,5,8-9,11H2,1-4H3,(H,20,24)/t13-/m1/s1. The van der Waals surface area contributed by atoms with E-state index in [1.54, 1.807) is 39.8 Å². The molecular formula is C18H26FN3O4. The maximum Gasteiger partial charge on any atom is 0.407 e. The van der Waals surface area contributed by atoms with Crippen LogP contribution in [0.2, 0.25) is 0 Å². The van der Waals surface area contributed by atoms with E-state index in [0.29, 0.717) is 43.9 Å². The Bertz CT molecular complexity index is 648. The Balaban J connectivity index is 2.00. The second-order valence-electron chi connectivity index (χ2n) is 7.06. The van der Waals surface area contributed by atoms with E-state index in [2.05, 4.69) is 5.32 Å². The van der Waals surface area contributed by atoms with Gasteiger partial charge in [-0.2, -0.15) is 5.06 Å². The molecule has 2 rings (SSSR count). The fourth-order valence-corrected chi connectivity index (χ4v) is 2.77. The third-order valence-corrected chi connectivity index (χ3v) is 3.80. The number of hydroxylamine groups is 1. The van der Waals surface area contributed by atoms with E-state index in [1.807, 2.05) is 4.90 Å². The van der Waals surface area contributed by atoms with Gasteiger partial charge in [-0.1, -0.05) is 0 Å². The molecule has 0 saturated carbocycles. The van der Waals surface area contributed by atoms with Crippen LogP contribution in [0.5, 0.6) is 0 Å². The maximum atomic E-state index is 14.5. The smallest absolute Gasteiger partial charge is 0.407 e. The van der Waals surface area contributed by atoms with Crippen LogP contribution in [0.3, 0.4) is 0 Å². The molecule has 26 heavy (non-hydrogen) atoms. The summed E-state index contributed by atoms with van der Waals surface area (Å²) in [5, 5.41) is 3.80. The molecule has 2 amide bonds. The summed E-state index contributed by atoms with van der Waals surface area (Å²) in [4.78, 5) is 29.8. The summed E-state index contributed by atoms with van der Waals surface area (Å²) in [6.45, 7) is 8.54. The van der Waals surface area contributed by atoms with Crippen LogP contribution in [-0.4, -0.2) is 43.8 Å². The molecule has 1 aromatic carbocycles. The Hall–Kier alpha value is -2.35. The minimum Gasteiger partial charge on any atom is -0.444 e. The monoisotopic (exact) mass is 367 g/mol. The summed E-state index contributed by atoms with van der Waals surface area (Å²) in [5.74, 6) is -0.452. The highest BCUT2D eigenvalue weighted by atomic mass is 19.1. The minimum atomic E-state index is -0.560. The molecule has 8 heteroatoms. The molecule has 0 unspecified atom stereocenters. The molecule has 1 saturated heterocycles. The Kier molecular flexibility index (Phi) is 6.42. The molecule has 1 atom stereocenters. The highest BCUT2D eigenvalue weighted by molar-refractivity contribution is 5.73. The number of amides is 2. The van der Waals surface area contributed by atoms with Crippen LogP contribution in [0.25, 0.3) is 0 Å². The van der Waals surface area contributed by atoms with Crippen molar-refractivity contribution in [2.45, 2.75) is 45.8 Å². The molecule has 1 aliphatic rings. The minimum absolute atomic E-state index is 0.112. The van der Waals surface area contributed by atoms with Crippen molar-refractivity contribution in [2.24, 2.45) is 0 Å². The van der Waals surface area contributed by atoms with Crippen molar-refractivity contribution in [3.05, 3.63) is 24.0 Å². The molecular weight excluding hydrogens is 341 g/mol. The van der Waals surface area contributed by atoms with Crippen molar-refractivity contribution in [3.63, 3.8) is 0 Å². The summed E-state index contributed by atoms with van der Waals surface area (Å²) in [5.41, 5.74) is 0.185. The van der Waals surface area contributed by atoms with Crippen LogP contribution < -0.4 is 15.3 Å². The Morgan fingerprint density at radius 1 is 1.46 bits per heavy atom. The number of alkyl carbamates (subject to hydrolysis) is 1. The Morgan fingerprint density at radius 2 is 2.19 bits per heavy atom. The van der Waals surface area contributed by atoms with Gasteiger partial charge in [0, 0.05) is 19.2 Å². The van der Waals surface area contributed by atoms with E-state index in [-0.39, 0.29) is 6.04 Å². The quantitative estimate of drug-likeness (QED) is 0.618. The first-order valence-corrected chi connectivity index (χ1v) is 8.65. The number of rotatable bonds is 6. The molecule has 0 aromatic heterocycles. The fourth-order valence-electron chi connectivity index (χ4n) is 2.77. The van der Waals surface area contributed by atoms with Crippen molar-refractivity contribution in [3.8, 4) is 0 Å². The van der Waals surface area contributed by atoms with E-state index in [9.17, 15) is 14.0 Å². The lowest BCUT2D eigenvalue weighted by Gasteiger charge is -2.23. The van der Waals surface area contributed by atoms with Crippen molar-refractivity contribution in [1.29, 1.82) is 0 Å². The number of hydrogen-bond acceptors (Lipinski definition) is 5. The first-order chi connectivity index (χ1) is 12.2. The van der Waals surface area contributed by atoms with E-state index in [4.69, 9.17) is 9.57 Å². The normalized spacial score (nSPS) is 17.1. The van der Waals surface area contributed by atoms with Gasteiger partial charge in [-0.15, -0.1) is 0 Å².